The van der Waals surface area contributed by atoms with E-state index in [4.69, 9.17) is 4.74 Å². The van der Waals surface area contributed by atoms with Crippen LogP contribution in [-0.2, 0) is 15.0 Å². The molecule has 2 N–H and O–H groups in total. The van der Waals surface area contributed by atoms with Gasteiger partial charge in [-0.3, -0.25) is 4.79 Å². The summed E-state index contributed by atoms with van der Waals surface area (Å²) in [6.45, 7) is -0.388. The van der Waals surface area contributed by atoms with Crippen LogP contribution in [0.15, 0.2) is 29.4 Å². The van der Waals surface area contributed by atoms with E-state index in [1.807, 2.05) is 0 Å². The Labute approximate surface area is 124 Å². The Morgan fingerprint density at radius 1 is 1.33 bits per heavy atom. The summed E-state index contributed by atoms with van der Waals surface area (Å²) in [5.74, 6) is 0.152. The van der Waals surface area contributed by atoms with E-state index >= 15 is 0 Å². The van der Waals surface area contributed by atoms with Gasteiger partial charge in [-0.15, -0.1) is 0 Å². The predicted molar refractivity (Wildman–Crippen MR) is 79.3 cm³/mol. The first-order chi connectivity index (χ1) is 9.85. The Kier molecular flexibility index (Phi) is 6.28. The Bertz CT molecular complexity index is 596. The summed E-state index contributed by atoms with van der Waals surface area (Å²) in [5, 5.41) is 3.73. The number of carbonyl (C=O) groups excluding carboxylic acids is 1. The van der Waals surface area contributed by atoms with E-state index in [0.717, 1.165) is 9.87 Å². The van der Waals surface area contributed by atoms with Gasteiger partial charge in [0.2, 0.25) is 0 Å². The molecular formula is C12H18N4O4S. The number of ether oxygens (including phenoxy) is 1. The monoisotopic (exact) mass is 314 g/mol. The topological polar surface area (TPSA) is 100 Å². The molecule has 1 aromatic rings. The van der Waals surface area contributed by atoms with Crippen LogP contribution in [0.3, 0.4) is 0 Å². The van der Waals surface area contributed by atoms with Crippen LogP contribution < -0.4 is 14.9 Å². The van der Waals surface area contributed by atoms with Gasteiger partial charge in [0.05, 0.1) is 19.9 Å². The van der Waals surface area contributed by atoms with Crippen LogP contribution in [0.2, 0.25) is 0 Å². The van der Waals surface area contributed by atoms with Crippen LogP contribution in [0.5, 0.6) is 5.75 Å². The fourth-order valence-corrected chi connectivity index (χ4v) is 1.77. The maximum absolute atomic E-state index is 11.4. The van der Waals surface area contributed by atoms with Crippen molar-refractivity contribution >= 4 is 22.3 Å². The summed E-state index contributed by atoms with van der Waals surface area (Å²) in [6.07, 6.45) is 1.44. The summed E-state index contributed by atoms with van der Waals surface area (Å²) >= 11 is 0. The SMILES string of the molecule is COc1ccc(C=NNC(=O)CNS(=O)(=O)N(C)C)cc1. The fraction of sp³-hybridized carbons (Fsp3) is 0.333. The summed E-state index contributed by atoms with van der Waals surface area (Å²) in [5.41, 5.74) is 2.99. The molecule has 9 heteroatoms. The van der Waals surface area contributed by atoms with E-state index in [2.05, 4.69) is 15.2 Å². The van der Waals surface area contributed by atoms with E-state index in [0.29, 0.717) is 5.75 Å². The molecule has 0 aromatic heterocycles. The van der Waals surface area contributed by atoms with Crippen LogP contribution in [0.25, 0.3) is 0 Å². The maximum atomic E-state index is 11.4. The third-order valence-electron chi connectivity index (χ3n) is 2.41. The zero-order valence-corrected chi connectivity index (χ0v) is 12.8. The van der Waals surface area contributed by atoms with Gasteiger partial charge in [-0.05, 0) is 29.8 Å². The molecule has 0 saturated carbocycles. The van der Waals surface area contributed by atoms with Crippen LogP contribution >= 0.6 is 0 Å². The first-order valence-electron chi connectivity index (χ1n) is 5.98. The van der Waals surface area contributed by atoms with Gasteiger partial charge in [-0.1, -0.05) is 0 Å². The minimum atomic E-state index is -3.62. The van der Waals surface area contributed by atoms with Crippen LogP contribution in [0.1, 0.15) is 5.56 Å². The van der Waals surface area contributed by atoms with Crippen molar-refractivity contribution in [2.45, 2.75) is 0 Å². The lowest BCUT2D eigenvalue weighted by molar-refractivity contribution is -0.119. The zero-order chi connectivity index (χ0) is 15.9. The van der Waals surface area contributed by atoms with Crippen molar-refractivity contribution in [3.63, 3.8) is 0 Å². The number of methoxy groups -OCH3 is 1. The summed E-state index contributed by atoms with van der Waals surface area (Å²) in [7, 11) is 0.672. The molecule has 0 atom stereocenters. The molecule has 0 fully saturated rings. The Morgan fingerprint density at radius 2 is 1.95 bits per heavy atom. The minimum absolute atomic E-state index is 0.388. The van der Waals surface area contributed by atoms with E-state index in [9.17, 15) is 13.2 Å². The minimum Gasteiger partial charge on any atom is -0.497 e. The van der Waals surface area contributed by atoms with Gasteiger partial charge in [0.25, 0.3) is 16.1 Å². The molecule has 116 valence electrons. The van der Waals surface area contributed by atoms with Gasteiger partial charge in [-0.2, -0.15) is 22.5 Å². The van der Waals surface area contributed by atoms with Crippen LogP contribution in [0, 0.1) is 0 Å². The molecule has 0 aliphatic heterocycles. The largest absolute Gasteiger partial charge is 0.497 e. The summed E-state index contributed by atoms with van der Waals surface area (Å²) in [4.78, 5) is 11.4. The normalized spacial score (nSPS) is 11.8. The van der Waals surface area contributed by atoms with Gasteiger partial charge in [-0.25, -0.2) is 5.43 Å². The standard InChI is InChI=1S/C12H18N4O4S/c1-16(2)21(18,19)14-9-12(17)15-13-8-10-4-6-11(20-3)7-5-10/h4-8,14H,9H2,1-3H3,(H,15,17). The van der Waals surface area contributed by atoms with Gasteiger partial charge in [0.1, 0.15) is 5.75 Å². The molecule has 1 amide bonds. The Balaban J connectivity index is 2.43. The lowest BCUT2D eigenvalue weighted by atomic mass is 10.2. The van der Waals surface area contributed by atoms with Crippen molar-refractivity contribution in [3.8, 4) is 5.75 Å². The molecule has 8 nitrogen and oxygen atoms in total. The third-order valence-corrected chi connectivity index (χ3v) is 3.89. The smallest absolute Gasteiger partial charge is 0.279 e. The number of hydrogen-bond donors (Lipinski definition) is 2. The summed E-state index contributed by atoms with van der Waals surface area (Å²) < 4.78 is 30.9. The highest BCUT2D eigenvalue weighted by Crippen LogP contribution is 2.09. The first-order valence-corrected chi connectivity index (χ1v) is 7.42. The van der Waals surface area contributed by atoms with E-state index in [1.165, 1.54) is 20.3 Å². The molecule has 0 heterocycles. The van der Waals surface area contributed by atoms with Crippen LogP contribution in [-0.4, -0.2) is 52.6 Å². The van der Waals surface area contributed by atoms with E-state index < -0.39 is 16.1 Å². The molecule has 1 rings (SSSR count). The highest BCUT2D eigenvalue weighted by Gasteiger charge is 2.13. The molecule has 1 aromatic carbocycles. The number of hydrazone groups is 1. The molecule has 0 aliphatic carbocycles. The molecule has 21 heavy (non-hydrogen) atoms. The Morgan fingerprint density at radius 3 is 2.48 bits per heavy atom. The van der Waals surface area contributed by atoms with Crippen LogP contribution in [0.4, 0.5) is 0 Å². The van der Waals surface area contributed by atoms with E-state index in [1.54, 1.807) is 31.4 Å². The van der Waals surface area contributed by atoms with Crippen molar-refractivity contribution in [1.29, 1.82) is 0 Å². The zero-order valence-electron chi connectivity index (χ0n) is 12.0. The number of hydrogen-bond acceptors (Lipinski definition) is 5. The number of amides is 1. The third kappa shape index (κ3) is 5.90. The predicted octanol–water partition coefficient (Wildman–Crippen LogP) is -0.459. The Hall–Kier alpha value is -1.97. The molecule has 0 unspecified atom stereocenters. The molecule has 0 bridgehead atoms. The quantitative estimate of drug-likeness (QED) is 0.525. The highest BCUT2D eigenvalue weighted by atomic mass is 32.2. The molecule has 0 radical (unpaired) electrons. The second kappa shape index (κ2) is 7.72. The number of nitrogens with one attached hydrogen (secondary N) is 2. The number of benzene rings is 1. The van der Waals surface area contributed by atoms with Gasteiger partial charge < -0.3 is 4.74 Å². The molecular weight excluding hydrogens is 296 g/mol. The fourth-order valence-electron chi connectivity index (χ4n) is 1.19. The lowest BCUT2D eigenvalue weighted by Gasteiger charge is -2.11. The average molecular weight is 314 g/mol. The first kappa shape index (κ1) is 17.1. The van der Waals surface area contributed by atoms with Gasteiger partial charge in [0, 0.05) is 14.1 Å². The molecule has 0 aliphatic rings. The van der Waals surface area contributed by atoms with Crippen molar-refractivity contribution in [2.24, 2.45) is 5.10 Å². The molecule has 0 saturated heterocycles. The summed E-state index contributed by atoms with van der Waals surface area (Å²) in [6, 6.07) is 7.05. The average Bonchev–Trinajstić information content (AvgIpc) is 2.46. The second-order valence-electron chi connectivity index (χ2n) is 4.17. The van der Waals surface area contributed by atoms with Crippen molar-refractivity contribution in [2.75, 3.05) is 27.7 Å². The van der Waals surface area contributed by atoms with Gasteiger partial charge in [0.15, 0.2) is 0 Å². The number of nitrogens with zero attached hydrogens (tertiary/aromatic N) is 2. The number of rotatable bonds is 7. The molecule has 0 spiro atoms. The number of carbonyl (C=O) groups is 1. The van der Waals surface area contributed by atoms with Crippen molar-refractivity contribution in [3.05, 3.63) is 29.8 Å². The lowest BCUT2D eigenvalue weighted by Crippen LogP contribution is -2.41. The maximum Gasteiger partial charge on any atom is 0.279 e. The highest BCUT2D eigenvalue weighted by molar-refractivity contribution is 7.87. The van der Waals surface area contributed by atoms with Crippen molar-refractivity contribution < 1.29 is 17.9 Å². The second-order valence-corrected chi connectivity index (χ2v) is 6.14. The van der Waals surface area contributed by atoms with Crippen molar-refractivity contribution in [1.82, 2.24) is 14.5 Å². The van der Waals surface area contributed by atoms with E-state index in [-0.39, 0.29) is 6.54 Å². The van der Waals surface area contributed by atoms with Gasteiger partial charge >= 0.3 is 0 Å².